The molecule has 1 atom stereocenters. The Kier molecular flexibility index (Phi) is 8.56. The van der Waals surface area contributed by atoms with Gasteiger partial charge in [0.1, 0.15) is 30.9 Å². The molecule has 2 aromatic rings. The smallest absolute Gasteiger partial charge is 0.264 e. The SMILES string of the molecule is CS(=O)(=O)OCCCOc1ccc(C(=N)c2ccc(OCC(O)CF)cc2)cc1. The highest BCUT2D eigenvalue weighted by molar-refractivity contribution is 7.85. The van der Waals surface area contributed by atoms with Gasteiger partial charge in [0.15, 0.2) is 0 Å². The van der Waals surface area contributed by atoms with Gasteiger partial charge in [0.05, 0.1) is 25.2 Å². The number of hydrogen-bond donors (Lipinski definition) is 2. The second-order valence-electron chi connectivity index (χ2n) is 6.27. The van der Waals surface area contributed by atoms with Crippen molar-refractivity contribution in [2.75, 3.05) is 32.8 Å². The van der Waals surface area contributed by atoms with Crippen molar-refractivity contribution in [3.05, 3.63) is 59.7 Å². The predicted octanol–water partition coefficient (Wildman–Crippen LogP) is 2.56. The van der Waals surface area contributed by atoms with Gasteiger partial charge in [-0.3, -0.25) is 9.59 Å². The first-order valence-electron chi connectivity index (χ1n) is 8.92. The first-order valence-corrected chi connectivity index (χ1v) is 10.7. The zero-order valence-electron chi connectivity index (χ0n) is 16.0. The lowest BCUT2D eigenvalue weighted by Gasteiger charge is -2.11. The van der Waals surface area contributed by atoms with Crippen molar-refractivity contribution in [1.29, 1.82) is 5.41 Å². The van der Waals surface area contributed by atoms with Gasteiger partial charge in [0, 0.05) is 17.5 Å². The summed E-state index contributed by atoms with van der Waals surface area (Å²) in [7, 11) is -3.44. The highest BCUT2D eigenvalue weighted by atomic mass is 32.2. The van der Waals surface area contributed by atoms with Gasteiger partial charge in [-0.25, -0.2) is 4.39 Å². The van der Waals surface area contributed by atoms with E-state index in [9.17, 15) is 17.9 Å². The number of halogens is 1. The molecule has 2 aromatic carbocycles. The molecule has 1 unspecified atom stereocenters. The maximum atomic E-state index is 12.2. The molecule has 0 heterocycles. The van der Waals surface area contributed by atoms with Crippen LogP contribution in [0.1, 0.15) is 17.5 Å². The molecular weight excluding hydrogens is 401 g/mol. The van der Waals surface area contributed by atoms with E-state index in [2.05, 4.69) is 4.18 Å². The summed E-state index contributed by atoms with van der Waals surface area (Å²) < 4.78 is 49.4. The fraction of sp³-hybridized carbons (Fsp3) is 0.350. The first-order chi connectivity index (χ1) is 13.8. The normalized spacial score (nSPS) is 12.4. The number of hydrogen-bond acceptors (Lipinski definition) is 7. The van der Waals surface area contributed by atoms with E-state index < -0.39 is 22.9 Å². The van der Waals surface area contributed by atoms with Gasteiger partial charge in [-0.2, -0.15) is 8.42 Å². The van der Waals surface area contributed by atoms with Gasteiger partial charge in [-0.05, 0) is 48.5 Å². The third-order valence-electron chi connectivity index (χ3n) is 3.76. The zero-order valence-corrected chi connectivity index (χ0v) is 16.8. The van der Waals surface area contributed by atoms with Gasteiger partial charge in [0.2, 0.25) is 0 Å². The molecule has 2 rings (SSSR count). The van der Waals surface area contributed by atoms with Crippen LogP contribution >= 0.6 is 0 Å². The lowest BCUT2D eigenvalue weighted by molar-refractivity contribution is 0.0842. The van der Waals surface area contributed by atoms with Crippen LogP contribution in [0, 0.1) is 5.41 Å². The summed E-state index contributed by atoms with van der Waals surface area (Å²) in [5.74, 6) is 1.09. The fourth-order valence-corrected chi connectivity index (χ4v) is 2.72. The van der Waals surface area contributed by atoms with E-state index in [-0.39, 0.29) is 13.2 Å². The van der Waals surface area contributed by atoms with Gasteiger partial charge >= 0.3 is 0 Å². The molecule has 0 bridgehead atoms. The highest BCUT2D eigenvalue weighted by Gasteiger charge is 2.08. The summed E-state index contributed by atoms with van der Waals surface area (Å²) in [4.78, 5) is 0. The van der Waals surface area contributed by atoms with Crippen LogP contribution in [-0.4, -0.2) is 58.1 Å². The highest BCUT2D eigenvalue weighted by Crippen LogP contribution is 2.18. The van der Waals surface area contributed by atoms with Crippen LogP contribution in [0.25, 0.3) is 0 Å². The van der Waals surface area contributed by atoms with Gasteiger partial charge in [-0.15, -0.1) is 0 Å². The van der Waals surface area contributed by atoms with Crippen molar-refractivity contribution < 1.29 is 31.6 Å². The van der Waals surface area contributed by atoms with Gasteiger partial charge in [-0.1, -0.05) is 0 Å². The minimum absolute atomic E-state index is 0.0635. The Labute approximate surface area is 169 Å². The molecule has 158 valence electrons. The Hall–Kier alpha value is -2.49. The molecule has 0 fully saturated rings. The van der Waals surface area contributed by atoms with E-state index in [0.29, 0.717) is 41.4 Å². The summed E-state index contributed by atoms with van der Waals surface area (Å²) in [5, 5.41) is 17.5. The van der Waals surface area contributed by atoms with Crippen LogP contribution in [0.4, 0.5) is 4.39 Å². The lowest BCUT2D eigenvalue weighted by Crippen LogP contribution is -2.19. The quantitative estimate of drug-likeness (QED) is 0.308. The van der Waals surface area contributed by atoms with Crippen molar-refractivity contribution in [1.82, 2.24) is 0 Å². The van der Waals surface area contributed by atoms with Crippen molar-refractivity contribution in [2.45, 2.75) is 12.5 Å². The summed E-state index contributed by atoms with van der Waals surface area (Å²) >= 11 is 0. The van der Waals surface area contributed by atoms with Crippen molar-refractivity contribution in [2.24, 2.45) is 0 Å². The van der Waals surface area contributed by atoms with Crippen LogP contribution in [0.3, 0.4) is 0 Å². The predicted molar refractivity (Wildman–Crippen MR) is 107 cm³/mol. The topological polar surface area (TPSA) is 106 Å². The summed E-state index contributed by atoms with van der Waals surface area (Å²) in [6.07, 6.45) is 0.279. The fourth-order valence-electron chi connectivity index (χ4n) is 2.30. The Morgan fingerprint density at radius 1 is 1.00 bits per heavy atom. The Morgan fingerprint density at radius 3 is 2.00 bits per heavy atom. The van der Waals surface area contributed by atoms with Crippen molar-refractivity contribution >= 4 is 15.8 Å². The van der Waals surface area contributed by atoms with E-state index in [4.69, 9.17) is 14.9 Å². The molecule has 29 heavy (non-hydrogen) atoms. The number of aliphatic hydroxyl groups is 1. The summed E-state index contributed by atoms with van der Waals surface area (Å²) in [6.45, 7) is -0.620. The molecule has 0 aliphatic heterocycles. The molecule has 0 radical (unpaired) electrons. The van der Waals surface area contributed by atoms with Crippen LogP contribution in [0.5, 0.6) is 11.5 Å². The Bertz CT molecular complexity index is 884. The van der Waals surface area contributed by atoms with E-state index in [1.54, 1.807) is 48.5 Å². The molecule has 0 aliphatic carbocycles. The molecule has 0 aliphatic rings. The average molecular weight is 425 g/mol. The van der Waals surface area contributed by atoms with Crippen molar-refractivity contribution in [3.8, 4) is 11.5 Å². The third-order valence-corrected chi connectivity index (χ3v) is 4.36. The number of ether oxygens (including phenoxy) is 2. The Balaban J connectivity index is 1.85. The minimum atomic E-state index is -3.44. The first kappa shape index (κ1) is 22.8. The van der Waals surface area contributed by atoms with Crippen LogP contribution in [0.15, 0.2) is 48.5 Å². The second kappa shape index (κ2) is 10.9. The number of aliphatic hydroxyl groups excluding tert-OH is 1. The number of nitrogens with one attached hydrogen (secondary N) is 1. The van der Waals surface area contributed by atoms with E-state index in [0.717, 1.165) is 6.26 Å². The van der Waals surface area contributed by atoms with Crippen LogP contribution in [0.2, 0.25) is 0 Å². The van der Waals surface area contributed by atoms with E-state index >= 15 is 0 Å². The molecule has 0 aromatic heterocycles. The molecule has 9 heteroatoms. The van der Waals surface area contributed by atoms with E-state index in [1.807, 2.05) is 0 Å². The maximum absolute atomic E-state index is 12.2. The maximum Gasteiger partial charge on any atom is 0.264 e. The lowest BCUT2D eigenvalue weighted by atomic mass is 10.0. The third kappa shape index (κ3) is 8.18. The monoisotopic (exact) mass is 425 g/mol. The number of benzene rings is 2. The summed E-state index contributed by atoms with van der Waals surface area (Å²) in [5.41, 5.74) is 1.68. The molecule has 0 saturated carbocycles. The van der Waals surface area contributed by atoms with Gasteiger partial charge < -0.3 is 14.6 Å². The molecule has 0 spiro atoms. The Morgan fingerprint density at radius 2 is 1.52 bits per heavy atom. The molecule has 2 N–H and O–H groups in total. The molecule has 0 saturated heterocycles. The number of alkyl halides is 1. The molecule has 7 nitrogen and oxygen atoms in total. The van der Waals surface area contributed by atoms with Crippen LogP contribution < -0.4 is 9.47 Å². The largest absolute Gasteiger partial charge is 0.494 e. The van der Waals surface area contributed by atoms with Crippen molar-refractivity contribution in [3.63, 3.8) is 0 Å². The second-order valence-corrected chi connectivity index (χ2v) is 7.91. The van der Waals surface area contributed by atoms with Crippen LogP contribution in [-0.2, 0) is 14.3 Å². The molecular formula is C20H24FNO6S. The average Bonchev–Trinajstić information content (AvgIpc) is 2.71. The summed E-state index contributed by atoms with van der Waals surface area (Å²) in [6, 6.07) is 13.7. The van der Waals surface area contributed by atoms with Gasteiger partial charge in [0.25, 0.3) is 10.1 Å². The standard InChI is InChI=1S/C20H24FNO6S/c1-29(24,25)28-12-2-11-26-18-7-3-15(4-8-18)20(22)16-5-9-19(10-6-16)27-14-17(23)13-21/h3-10,17,22-23H,2,11-14H2,1H3. The number of rotatable bonds is 12. The zero-order chi connectivity index (χ0) is 21.3. The van der Waals surface area contributed by atoms with E-state index in [1.165, 1.54) is 0 Å². The minimum Gasteiger partial charge on any atom is -0.494 e. The molecule has 0 amide bonds.